The number of hydrogen-bond acceptors (Lipinski definition) is 7. The summed E-state index contributed by atoms with van der Waals surface area (Å²) in [6, 6.07) is 0. The number of rotatable bonds is 6. The van der Waals surface area contributed by atoms with E-state index >= 15 is 0 Å². The Balaban J connectivity index is 2.28. The molecule has 90 valence electrons. The molecule has 0 aromatic carbocycles. The maximum absolute atomic E-state index is 5.33. The van der Waals surface area contributed by atoms with Crippen LogP contribution in [0.3, 0.4) is 0 Å². The van der Waals surface area contributed by atoms with E-state index in [1.54, 1.807) is 0 Å². The molecule has 1 aliphatic heterocycles. The van der Waals surface area contributed by atoms with Gasteiger partial charge in [0.2, 0.25) is 0 Å². The van der Waals surface area contributed by atoms with Crippen LogP contribution in [0.15, 0.2) is 0 Å². The average Bonchev–Trinajstić information content (AvgIpc) is 2.28. The first-order valence-electron chi connectivity index (χ1n) is 4.94. The van der Waals surface area contributed by atoms with Gasteiger partial charge < -0.3 is 32.6 Å². The van der Waals surface area contributed by atoms with Gasteiger partial charge >= 0.3 is 22.0 Å². The molecule has 0 saturated carbocycles. The van der Waals surface area contributed by atoms with Crippen LogP contribution in [0.5, 0.6) is 0 Å². The van der Waals surface area contributed by atoms with Crippen molar-refractivity contribution in [1.29, 1.82) is 0 Å². The van der Waals surface area contributed by atoms with Crippen molar-refractivity contribution < 1.29 is 27.7 Å². The normalized spacial score (nSPS) is 17.4. The molecule has 7 nitrogen and oxygen atoms in total. The minimum Gasteiger partial charge on any atom is -0.400 e. The molecule has 0 N–H and O–H groups in total. The molecule has 16 heavy (non-hydrogen) atoms. The molecule has 0 unspecified atom stereocenters. The Labute approximate surface area is 96.8 Å². The second kappa shape index (κ2) is 7.28. The maximum atomic E-state index is 5.33. The van der Waals surface area contributed by atoms with E-state index in [1.807, 2.05) is 19.0 Å². The molecular formula is C6H16B3NO6. The van der Waals surface area contributed by atoms with Gasteiger partial charge in [0.1, 0.15) is 0 Å². The molecule has 1 rings (SSSR count). The molecule has 0 amide bonds. The summed E-state index contributed by atoms with van der Waals surface area (Å²) < 4.78 is 30.5. The van der Waals surface area contributed by atoms with Crippen LogP contribution in [0.1, 0.15) is 0 Å². The molecule has 1 aliphatic rings. The summed E-state index contributed by atoms with van der Waals surface area (Å²) in [7, 11) is 4.28. The third kappa shape index (κ3) is 4.83. The lowest BCUT2D eigenvalue weighted by atomic mass is 9.97. The standard InChI is InChI=1S/C6H16B3NO6/c1-10(2)5-6-13-9-15-7(11-3)14-8(12-4)16-9/h5-6H2,1-4H3. The quantitative estimate of drug-likeness (QED) is 0.536. The van der Waals surface area contributed by atoms with Crippen LogP contribution in [-0.2, 0) is 27.7 Å². The Morgan fingerprint density at radius 3 is 1.88 bits per heavy atom. The smallest absolute Gasteiger partial charge is 0.400 e. The van der Waals surface area contributed by atoms with Gasteiger partial charge in [-0.1, -0.05) is 0 Å². The second-order valence-corrected chi connectivity index (χ2v) is 3.42. The summed E-state index contributed by atoms with van der Waals surface area (Å²) in [4.78, 5) is 1.99. The number of hydrogen-bond donors (Lipinski definition) is 0. The van der Waals surface area contributed by atoms with E-state index in [1.165, 1.54) is 14.2 Å². The zero-order valence-corrected chi connectivity index (χ0v) is 10.0. The molecule has 1 heterocycles. The SMILES string of the molecule is COB1OB(OC)OB(OCCN(C)C)O1. The first-order chi connectivity index (χ1) is 7.65. The van der Waals surface area contributed by atoms with E-state index in [-0.39, 0.29) is 0 Å². The van der Waals surface area contributed by atoms with Crippen molar-refractivity contribution in [2.75, 3.05) is 41.5 Å². The topological polar surface area (TPSA) is 58.6 Å². The number of nitrogens with zero attached hydrogens (tertiary/aromatic N) is 1. The lowest BCUT2D eigenvalue weighted by Crippen LogP contribution is -2.52. The summed E-state index contributed by atoms with van der Waals surface area (Å²) in [5, 5.41) is 0. The van der Waals surface area contributed by atoms with Crippen LogP contribution in [0.2, 0.25) is 0 Å². The van der Waals surface area contributed by atoms with E-state index in [4.69, 9.17) is 27.7 Å². The van der Waals surface area contributed by atoms with E-state index in [9.17, 15) is 0 Å². The summed E-state index contributed by atoms with van der Waals surface area (Å²) in [6.07, 6.45) is 0. The van der Waals surface area contributed by atoms with Crippen LogP contribution in [0.25, 0.3) is 0 Å². The molecule has 0 bridgehead atoms. The molecule has 0 atom stereocenters. The van der Waals surface area contributed by atoms with Gasteiger partial charge in [0.25, 0.3) is 0 Å². The zero-order chi connectivity index (χ0) is 12.0. The predicted molar refractivity (Wildman–Crippen MR) is 59.0 cm³/mol. The predicted octanol–water partition coefficient (Wildman–Crippen LogP) is -1.12. The number of likely N-dealkylation sites (N-methyl/N-ethyl adjacent to an activating group) is 1. The van der Waals surface area contributed by atoms with E-state index in [0.29, 0.717) is 6.61 Å². The van der Waals surface area contributed by atoms with Crippen molar-refractivity contribution >= 4 is 22.0 Å². The van der Waals surface area contributed by atoms with Gasteiger partial charge in [-0.05, 0) is 14.1 Å². The molecule has 1 saturated heterocycles. The highest BCUT2D eigenvalue weighted by Gasteiger charge is 2.45. The minimum atomic E-state index is -0.844. The summed E-state index contributed by atoms with van der Waals surface area (Å²) in [6.45, 7) is 1.24. The van der Waals surface area contributed by atoms with Gasteiger partial charge in [-0.15, -0.1) is 0 Å². The highest BCUT2D eigenvalue weighted by molar-refractivity contribution is 6.66. The van der Waals surface area contributed by atoms with E-state index in [2.05, 4.69) is 0 Å². The van der Waals surface area contributed by atoms with Crippen LogP contribution >= 0.6 is 0 Å². The fourth-order valence-corrected chi connectivity index (χ4v) is 1.00. The van der Waals surface area contributed by atoms with Crippen LogP contribution in [0.4, 0.5) is 0 Å². The first-order valence-corrected chi connectivity index (χ1v) is 4.94. The summed E-state index contributed by atoms with van der Waals surface area (Å²) >= 11 is 0. The lowest BCUT2D eigenvalue weighted by Gasteiger charge is -2.26. The molecular weight excluding hydrogens is 215 g/mol. The Hall–Kier alpha value is -0.0852. The molecule has 0 aromatic heterocycles. The van der Waals surface area contributed by atoms with Crippen molar-refractivity contribution in [2.45, 2.75) is 0 Å². The molecule has 0 aromatic rings. The highest BCUT2D eigenvalue weighted by Crippen LogP contribution is 2.09. The van der Waals surface area contributed by atoms with Crippen molar-refractivity contribution in [3.63, 3.8) is 0 Å². The maximum Gasteiger partial charge on any atom is 0.615 e. The van der Waals surface area contributed by atoms with Crippen LogP contribution in [-0.4, -0.2) is 68.3 Å². The molecule has 0 spiro atoms. The third-order valence-corrected chi connectivity index (χ3v) is 1.84. The third-order valence-electron chi connectivity index (χ3n) is 1.84. The van der Waals surface area contributed by atoms with Crippen LogP contribution < -0.4 is 0 Å². The van der Waals surface area contributed by atoms with E-state index in [0.717, 1.165) is 6.54 Å². The van der Waals surface area contributed by atoms with Gasteiger partial charge in [0.15, 0.2) is 0 Å². The van der Waals surface area contributed by atoms with Crippen molar-refractivity contribution in [3.8, 4) is 0 Å². The highest BCUT2D eigenvalue weighted by atomic mass is 16.9. The van der Waals surface area contributed by atoms with E-state index < -0.39 is 22.0 Å². The van der Waals surface area contributed by atoms with Gasteiger partial charge in [0.05, 0.1) is 0 Å². The minimum absolute atomic E-state index is 0.477. The van der Waals surface area contributed by atoms with Crippen molar-refractivity contribution in [3.05, 3.63) is 0 Å². The Morgan fingerprint density at radius 2 is 1.44 bits per heavy atom. The lowest BCUT2D eigenvalue weighted by molar-refractivity contribution is 0.0814. The second-order valence-electron chi connectivity index (χ2n) is 3.42. The molecule has 0 aliphatic carbocycles. The Bertz CT molecular complexity index is 187. The first kappa shape index (κ1) is 14.0. The molecule has 10 heteroatoms. The van der Waals surface area contributed by atoms with Gasteiger partial charge in [-0.25, -0.2) is 0 Å². The van der Waals surface area contributed by atoms with Gasteiger partial charge in [-0.2, -0.15) is 0 Å². The molecule has 1 fully saturated rings. The largest absolute Gasteiger partial charge is 0.615 e. The van der Waals surface area contributed by atoms with Crippen molar-refractivity contribution in [2.24, 2.45) is 0 Å². The van der Waals surface area contributed by atoms with Crippen LogP contribution in [0, 0.1) is 0 Å². The monoisotopic (exact) mass is 231 g/mol. The fourth-order valence-electron chi connectivity index (χ4n) is 1.00. The summed E-state index contributed by atoms with van der Waals surface area (Å²) in [5.74, 6) is 0. The molecule has 0 radical (unpaired) electrons. The van der Waals surface area contributed by atoms with Gasteiger partial charge in [-0.3, -0.25) is 0 Å². The average molecular weight is 231 g/mol. The van der Waals surface area contributed by atoms with Crippen molar-refractivity contribution in [1.82, 2.24) is 4.90 Å². The Kier molecular flexibility index (Phi) is 6.36. The zero-order valence-electron chi connectivity index (χ0n) is 10.0. The Morgan fingerprint density at radius 1 is 0.938 bits per heavy atom. The summed E-state index contributed by atoms with van der Waals surface area (Å²) in [5.41, 5.74) is 0. The van der Waals surface area contributed by atoms with Gasteiger partial charge in [0, 0.05) is 27.4 Å². The fraction of sp³-hybridized carbons (Fsp3) is 1.00.